The van der Waals surface area contributed by atoms with Gasteiger partial charge in [-0.25, -0.2) is 0 Å². The lowest BCUT2D eigenvalue weighted by atomic mass is 10.2. The SMILES string of the molecule is O=C(Nc1cc2c(cc1Cl)OCCCO2)c1ccc(-n2cccc2)cc1. The molecule has 0 atom stereocenters. The van der Waals surface area contributed by atoms with Crippen LogP contribution in [0.3, 0.4) is 0 Å². The third-order valence-corrected chi connectivity index (χ3v) is 4.43. The van der Waals surface area contributed by atoms with Gasteiger partial charge in [0, 0.05) is 42.2 Å². The normalized spacial score (nSPS) is 13.1. The molecule has 0 fully saturated rings. The van der Waals surface area contributed by atoms with Crippen LogP contribution in [0.2, 0.25) is 5.02 Å². The molecule has 0 bridgehead atoms. The molecule has 26 heavy (non-hydrogen) atoms. The van der Waals surface area contributed by atoms with Crippen LogP contribution in [-0.4, -0.2) is 23.7 Å². The molecule has 1 N–H and O–H groups in total. The number of nitrogens with zero attached hydrogens (tertiary/aromatic N) is 1. The number of halogens is 1. The molecule has 0 saturated heterocycles. The summed E-state index contributed by atoms with van der Waals surface area (Å²) in [6.07, 6.45) is 4.71. The van der Waals surface area contributed by atoms with Crippen LogP contribution in [0.25, 0.3) is 5.69 Å². The molecule has 6 heteroatoms. The maximum Gasteiger partial charge on any atom is 0.255 e. The molecule has 2 heterocycles. The molecule has 5 nitrogen and oxygen atoms in total. The third-order valence-electron chi connectivity index (χ3n) is 4.12. The first-order chi connectivity index (χ1) is 12.7. The Balaban J connectivity index is 1.53. The summed E-state index contributed by atoms with van der Waals surface area (Å²) in [6.45, 7) is 1.16. The number of benzene rings is 2. The third kappa shape index (κ3) is 3.39. The average molecular weight is 369 g/mol. The fourth-order valence-electron chi connectivity index (χ4n) is 2.77. The first-order valence-corrected chi connectivity index (χ1v) is 8.72. The number of hydrogen-bond acceptors (Lipinski definition) is 3. The van der Waals surface area contributed by atoms with Gasteiger partial charge in [-0.1, -0.05) is 11.6 Å². The molecule has 132 valence electrons. The van der Waals surface area contributed by atoms with E-state index < -0.39 is 0 Å². The van der Waals surface area contributed by atoms with Crippen LogP contribution in [0.4, 0.5) is 5.69 Å². The standard InChI is InChI=1S/C20H17ClN2O3/c21-16-12-18-19(26-11-3-10-25-18)13-17(16)22-20(24)14-4-6-15(7-5-14)23-8-1-2-9-23/h1-2,4-9,12-13H,3,10-11H2,(H,22,24). The van der Waals surface area contributed by atoms with Gasteiger partial charge < -0.3 is 19.4 Å². The summed E-state index contributed by atoms with van der Waals surface area (Å²) in [4.78, 5) is 12.6. The molecule has 1 amide bonds. The van der Waals surface area contributed by atoms with Gasteiger partial charge in [-0.2, -0.15) is 0 Å². The van der Waals surface area contributed by atoms with Gasteiger partial charge in [0.15, 0.2) is 11.5 Å². The number of fused-ring (bicyclic) bond motifs is 1. The monoisotopic (exact) mass is 368 g/mol. The van der Waals surface area contributed by atoms with Gasteiger partial charge in [0.1, 0.15) is 0 Å². The van der Waals surface area contributed by atoms with Gasteiger partial charge >= 0.3 is 0 Å². The lowest BCUT2D eigenvalue weighted by molar-refractivity contribution is 0.102. The predicted octanol–water partition coefficient (Wildman–Crippen LogP) is 4.54. The van der Waals surface area contributed by atoms with E-state index in [1.54, 1.807) is 24.3 Å². The highest BCUT2D eigenvalue weighted by Crippen LogP contribution is 2.37. The number of carbonyl (C=O) groups is 1. The van der Waals surface area contributed by atoms with E-state index in [1.165, 1.54) is 0 Å². The van der Waals surface area contributed by atoms with Crippen molar-refractivity contribution < 1.29 is 14.3 Å². The van der Waals surface area contributed by atoms with E-state index in [2.05, 4.69) is 5.32 Å². The van der Waals surface area contributed by atoms with Crippen molar-refractivity contribution in [2.45, 2.75) is 6.42 Å². The Morgan fingerprint density at radius 1 is 1.00 bits per heavy atom. The Morgan fingerprint density at radius 3 is 2.35 bits per heavy atom. The summed E-state index contributed by atoms with van der Waals surface area (Å²) in [5.74, 6) is 0.951. The van der Waals surface area contributed by atoms with Crippen LogP contribution in [0, 0.1) is 0 Å². The molecule has 0 unspecified atom stereocenters. The summed E-state index contributed by atoms with van der Waals surface area (Å²) in [5, 5.41) is 3.25. The van der Waals surface area contributed by atoms with E-state index in [1.807, 2.05) is 41.2 Å². The number of nitrogens with one attached hydrogen (secondary N) is 1. The van der Waals surface area contributed by atoms with Crippen molar-refractivity contribution in [3.63, 3.8) is 0 Å². The highest BCUT2D eigenvalue weighted by Gasteiger charge is 2.16. The number of carbonyl (C=O) groups excluding carboxylic acids is 1. The first-order valence-electron chi connectivity index (χ1n) is 8.34. The quantitative estimate of drug-likeness (QED) is 0.738. The van der Waals surface area contributed by atoms with Crippen LogP contribution >= 0.6 is 11.6 Å². The summed E-state index contributed by atoms with van der Waals surface area (Å²) in [5.41, 5.74) is 2.03. The summed E-state index contributed by atoms with van der Waals surface area (Å²) in [7, 11) is 0. The largest absolute Gasteiger partial charge is 0.490 e. The van der Waals surface area contributed by atoms with Gasteiger partial charge in [0.2, 0.25) is 0 Å². The maximum atomic E-state index is 12.6. The number of aromatic nitrogens is 1. The molecule has 0 spiro atoms. The van der Waals surface area contributed by atoms with E-state index in [4.69, 9.17) is 21.1 Å². The Hall–Kier alpha value is -2.92. The lowest BCUT2D eigenvalue weighted by Crippen LogP contribution is -2.12. The Labute approximate surface area is 156 Å². The van der Waals surface area contributed by atoms with Crippen LogP contribution in [0.1, 0.15) is 16.8 Å². The number of ether oxygens (including phenoxy) is 2. The van der Waals surface area contributed by atoms with Crippen molar-refractivity contribution in [1.82, 2.24) is 4.57 Å². The smallest absolute Gasteiger partial charge is 0.255 e. The van der Waals surface area contributed by atoms with Crippen molar-refractivity contribution in [2.24, 2.45) is 0 Å². The molecule has 0 saturated carbocycles. The second kappa shape index (κ2) is 7.14. The van der Waals surface area contributed by atoms with Gasteiger partial charge in [0.05, 0.1) is 23.9 Å². The molecule has 3 aromatic rings. The minimum absolute atomic E-state index is 0.236. The lowest BCUT2D eigenvalue weighted by Gasteiger charge is -2.13. The fourth-order valence-corrected chi connectivity index (χ4v) is 2.97. The van der Waals surface area contributed by atoms with Crippen molar-refractivity contribution in [2.75, 3.05) is 18.5 Å². The first kappa shape index (κ1) is 16.5. The molecule has 1 aliphatic rings. The van der Waals surface area contributed by atoms with E-state index in [-0.39, 0.29) is 5.91 Å². The second-order valence-corrected chi connectivity index (χ2v) is 6.33. The van der Waals surface area contributed by atoms with Crippen molar-refractivity contribution in [3.05, 3.63) is 71.5 Å². The predicted molar refractivity (Wildman–Crippen MR) is 101 cm³/mol. The van der Waals surface area contributed by atoms with E-state index in [0.29, 0.717) is 41.0 Å². The Bertz CT molecular complexity index is 921. The molecule has 2 aromatic carbocycles. The number of amides is 1. The minimum atomic E-state index is -0.236. The molecule has 0 radical (unpaired) electrons. The summed E-state index contributed by atoms with van der Waals surface area (Å²) < 4.78 is 13.2. The molecule has 1 aromatic heterocycles. The van der Waals surface area contributed by atoms with Gasteiger partial charge in [-0.05, 0) is 36.4 Å². The topological polar surface area (TPSA) is 52.5 Å². The van der Waals surface area contributed by atoms with Crippen LogP contribution in [0.15, 0.2) is 60.9 Å². The zero-order valence-electron chi connectivity index (χ0n) is 13.9. The summed E-state index contributed by atoms with van der Waals surface area (Å²) >= 11 is 6.29. The van der Waals surface area contributed by atoms with Gasteiger partial charge in [0.25, 0.3) is 5.91 Å². The molecule has 1 aliphatic heterocycles. The highest BCUT2D eigenvalue weighted by molar-refractivity contribution is 6.34. The molecule has 4 rings (SSSR count). The van der Waals surface area contributed by atoms with Gasteiger partial charge in [-0.3, -0.25) is 4.79 Å². The number of hydrogen-bond donors (Lipinski definition) is 1. The molecule has 0 aliphatic carbocycles. The van der Waals surface area contributed by atoms with E-state index in [9.17, 15) is 4.79 Å². The van der Waals surface area contributed by atoms with E-state index >= 15 is 0 Å². The Morgan fingerprint density at radius 2 is 1.65 bits per heavy atom. The number of rotatable bonds is 3. The van der Waals surface area contributed by atoms with Crippen LogP contribution < -0.4 is 14.8 Å². The average Bonchev–Trinajstić information content (AvgIpc) is 3.10. The number of anilines is 1. The van der Waals surface area contributed by atoms with Crippen LogP contribution in [0.5, 0.6) is 11.5 Å². The van der Waals surface area contributed by atoms with E-state index in [0.717, 1.165) is 12.1 Å². The second-order valence-electron chi connectivity index (χ2n) is 5.92. The molecular formula is C20H17ClN2O3. The van der Waals surface area contributed by atoms with Crippen molar-refractivity contribution >= 4 is 23.2 Å². The summed E-state index contributed by atoms with van der Waals surface area (Å²) in [6, 6.07) is 14.6. The molecular weight excluding hydrogens is 352 g/mol. The zero-order valence-corrected chi connectivity index (χ0v) is 14.7. The zero-order chi connectivity index (χ0) is 17.9. The highest BCUT2D eigenvalue weighted by atomic mass is 35.5. The van der Waals surface area contributed by atoms with Crippen LogP contribution in [-0.2, 0) is 0 Å². The van der Waals surface area contributed by atoms with Gasteiger partial charge in [-0.15, -0.1) is 0 Å². The maximum absolute atomic E-state index is 12.6. The Kier molecular flexibility index (Phi) is 4.54. The van der Waals surface area contributed by atoms with Crippen molar-refractivity contribution in [1.29, 1.82) is 0 Å². The minimum Gasteiger partial charge on any atom is -0.490 e. The van der Waals surface area contributed by atoms with Crippen molar-refractivity contribution in [3.8, 4) is 17.2 Å². The fraction of sp³-hybridized carbons (Fsp3) is 0.150.